The molecule has 0 aliphatic rings. The number of amides is 2. The summed E-state index contributed by atoms with van der Waals surface area (Å²) in [6.45, 7) is 1.58. The van der Waals surface area contributed by atoms with Gasteiger partial charge in [-0.25, -0.2) is 4.79 Å². The highest BCUT2D eigenvalue weighted by atomic mass is 32.2. The molecule has 2 aromatic carbocycles. The van der Waals surface area contributed by atoms with Gasteiger partial charge in [0, 0.05) is 18.3 Å². The topological polar surface area (TPSA) is 145 Å². The number of hydrogen-bond acceptors (Lipinski definition) is 9. The number of nitrogens with one attached hydrogen (secondary N) is 2. The largest absolute Gasteiger partial charge is 0.497 e. The molecule has 0 saturated heterocycles. The molecule has 0 bridgehead atoms. The Morgan fingerprint density at radius 2 is 1.86 bits per heavy atom. The molecule has 1 atom stereocenters. The maximum Gasteiger partial charge on any atom is 0.338 e. The lowest BCUT2D eigenvalue weighted by atomic mass is 10.2. The van der Waals surface area contributed by atoms with Gasteiger partial charge in [0.2, 0.25) is 5.91 Å². The molecule has 1 heterocycles. The van der Waals surface area contributed by atoms with E-state index in [1.165, 1.54) is 7.11 Å². The molecule has 0 fully saturated rings. The quantitative estimate of drug-likeness (QED) is 0.259. The van der Waals surface area contributed by atoms with Crippen molar-refractivity contribution in [2.45, 2.75) is 18.1 Å². The average molecular weight is 514 g/mol. The predicted octanol–water partition coefficient (Wildman–Crippen LogP) is 2.19. The van der Waals surface area contributed by atoms with Crippen molar-refractivity contribution in [3.05, 3.63) is 65.5 Å². The van der Waals surface area contributed by atoms with Crippen molar-refractivity contribution in [1.29, 1.82) is 0 Å². The molecule has 0 radical (unpaired) electrons. The monoisotopic (exact) mass is 513 g/mol. The number of hydrogen-bond donors (Lipinski definition) is 3. The number of carbonyl (C=O) groups is 3. The van der Waals surface area contributed by atoms with Gasteiger partial charge in [0.1, 0.15) is 11.8 Å². The Bertz CT molecular complexity index is 1210. The molecule has 11 nitrogen and oxygen atoms in total. The van der Waals surface area contributed by atoms with Crippen LogP contribution in [0.25, 0.3) is 0 Å². The Hall–Kier alpha value is -3.90. The first-order valence-corrected chi connectivity index (χ1v) is 12.0. The minimum atomic E-state index is -0.800. The smallest absolute Gasteiger partial charge is 0.338 e. The van der Waals surface area contributed by atoms with Crippen LogP contribution in [0.1, 0.15) is 39.5 Å². The molecule has 36 heavy (non-hydrogen) atoms. The molecule has 2 amide bonds. The molecule has 1 aromatic heterocycles. The fourth-order valence-corrected chi connectivity index (χ4v) is 3.91. The van der Waals surface area contributed by atoms with E-state index in [1.54, 1.807) is 67.1 Å². The van der Waals surface area contributed by atoms with Gasteiger partial charge in [-0.15, -0.1) is 10.2 Å². The van der Waals surface area contributed by atoms with E-state index in [2.05, 4.69) is 20.8 Å². The Labute approximate surface area is 212 Å². The van der Waals surface area contributed by atoms with E-state index >= 15 is 0 Å². The number of rotatable bonds is 11. The number of benzene rings is 2. The molecule has 190 valence electrons. The zero-order valence-corrected chi connectivity index (χ0v) is 20.9. The number of anilines is 1. The van der Waals surface area contributed by atoms with Crippen LogP contribution in [0.3, 0.4) is 0 Å². The Balaban J connectivity index is 1.59. The number of aliphatic hydroxyl groups excluding tert-OH is 1. The first-order valence-electron chi connectivity index (χ1n) is 11.0. The molecule has 0 unspecified atom stereocenters. The summed E-state index contributed by atoms with van der Waals surface area (Å²) in [5, 5.41) is 23.9. The number of carbonyl (C=O) groups excluding carboxylic acids is 3. The van der Waals surface area contributed by atoms with E-state index in [4.69, 9.17) is 9.47 Å². The molecule has 3 N–H and O–H groups in total. The Morgan fingerprint density at radius 3 is 2.53 bits per heavy atom. The Morgan fingerprint density at radius 1 is 1.11 bits per heavy atom. The van der Waals surface area contributed by atoms with E-state index in [0.29, 0.717) is 33.5 Å². The highest BCUT2D eigenvalue weighted by Gasteiger charge is 2.22. The first-order chi connectivity index (χ1) is 17.4. The zero-order chi connectivity index (χ0) is 26.1. The number of thioether (sulfide) groups is 1. The van der Waals surface area contributed by atoms with Crippen LogP contribution in [0, 0.1) is 0 Å². The van der Waals surface area contributed by atoms with Gasteiger partial charge in [-0.05, 0) is 49.4 Å². The SMILES string of the molecule is CCOC(=O)c1cccc(NC(=O)CSc2nnc([C@@H](CO)NC(=O)c3ccc(OC)cc3)n2C)c1. The summed E-state index contributed by atoms with van der Waals surface area (Å²) in [6.07, 6.45) is 0. The van der Waals surface area contributed by atoms with Gasteiger partial charge >= 0.3 is 5.97 Å². The standard InChI is InChI=1S/C24H27N5O6S/c1-4-35-23(33)16-6-5-7-17(12-16)25-20(31)14-36-24-28-27-21(29(24)2)19(13-30)26-22(32)15-8-10-18(34-3)11-9-15/h5-12,19,30H,4,13-14H2,1-3H3,(H,25,31)(H,26,32)/t19-/m1/s1. The van der Waals surface area contributed by atoms with Crippen LogP contribution < -0.4 is 15.4 Å². The highest BCUT2D eigenvalue weighted by molar-refractivity contribution is 7.99. The number of aliphatic hydroxyl groups is 1. The van der Waals surface area contributed by atoms with Gasteiger partial charge in [0.15, 0.2) is 11.0 Å². The van der Waals surface area contributed by atoms with Gasteiger partial charge in [-0.1, -0.05) is 17.8 Å². The second-order valence-electron chi connectivity index (χ2n) is 7.48. The molecule has 3 rings (SSSR count). The summed E-state index contributed by atoms with van der Waals surface area (Å²) >= 11 is 1.14. The van der Waals surface area contributed by atoms with E-state index in [0.717, 1.165) is 11.8 Å². The van der Waals surface area contributed by atoms with Gasteiger partial charge < -0.3 is 29.8 Å². The summed E-state index contributed by atoms with van der Waals surface area (Å²) in [7, 11) is 3.22. The van der Waals surface area contributed by atoms with E-state index in [1.807, 2.05) is 0 Å². The van der Waals surface area contributed by atoms with Crippen molar-refractivity contribution in [3.63, 3.8) is 0 Å². The van der Waals surface area contributed by atoms with Crippen LogP contribution in [-0.4, -0.2) is 63.7 Å². The van der Waals surface area contributed by atoms with Crippen LogP contribution in [-0.2, 0) is 16.6 Å². The van der Waals surface area contributed by atoms with Gasteiger partial charge in [-0.3, -0.25) is 9.59 Å². The molecule has 3 aromatic rings. The maximum absolute atomic E-state index is 12.6. The van der Waals surface area contributed by atoms with E-state index < -0.39 is 24.5 Å². The summed E-state index contributed by atoms with van der Waals surface area (Å²) in [6, 6.07) is 12.2. The molecular weight excluding hydrogens is 486 g/mol. The van der Waals surface area contributed by atoms with E-state index in [9.17, 15) is 19.5 Å². The third-order valence-corrected chi connectivity index (χ3v) is 6.03. The highest BCUT2D eigenvalue weighted by Crippen LogP contribution is 2.21. The average Bonchev–Trinajstić information content (AvgIpc) is 3.26. The van der Waals surface area contributed by atoms with Crippen LogP contribution in [0.15, 0.2) is 53.7 Å². The molecule has 12 heteroatoms. The number of esters is 1. The van der Waals surface area contributed by atoms with Crippen molar-refractivity contribution in [3.8, 4) is 5.75 Å². The van der Waals surface area contributed by atoms with Crippen molar-refractivity contribution in [2.24, 2.45) is 7.05 Å². The van der Waals surface area contributed by atoms with Crippen LogP contribution >= 0.6 is 11.8 Å². The number of ether oxygens (including phenoxy) is 2. The summed E-state index contributed by atoms with van der Waals surface area (Å²) < 4.78 is 11.7. The van der Waals surface area contributed by atoms with E-state index in [-0.39, 0.29) is 18.3 Å². The molecule has 0 aliphatic carbocycles. The van der Waals surface area contributed by atoms with Gasteiger partial charge in [0.05, 0.1) is 31.6 Å². The summed E-state index contributed by atoms with van der Waals surface area (Å²) in [5.41, 5.74) is 1.20. The molecular formula is C24H27N5O6S. The van der Waals surface area contributed by atoms with Crippen molar-refractivity contribution < 1.29 is 29.0 Å². The molecule has 0 aliphatic heterocycles. The minimum Gasteiger partial charge on any atom is -0.497 e. The number of nitrogens with zero attached hydrogens (tertiary/aromatic N) is 3. The Kier molecular flexibility index (Phi) is 9.42. The lowest BCUT2D eigenvalue weighted by molar-refractivity contribution is -0.113. The summed E-state index contributed by atoms with van der Waals surface area (Å²) in [5.74, 6) is -0.180. The summed E-state index contributed by atoms with van der Waals surface area (Å²) in [4.78, 5) is 36.9. The van der Waals surface area contributed by atoms with Crippen LogP contribution in [0.2, 0.25) is 0 Å². The lowest BCUT2D eigenvalue weighted by Crippen LogP contribution is -2.32. The molecule has 0 saturated carbocycles. The second-order valence-corrected chi connectivity index (χ2v) is 8.42. The maximum atomic E-state index is 12.6. The number of aromatic nitrogens is 3. The normalized spacial score (nSPS) is 11.4. The first kappa shape index (κ1) is 26.7. The lowest BCUT2D eigenvalue weighted by Gasteiger charge is -2.16. The third-order valence-electron chi connectivity index (χ3n) is 5.01. The van der Waals surface area contributed by atoms with Crippen LogP contribution in [0.5, 0.6) is 5.75 Å². The fourth-order valence-electron chi connectivity index (χ4n) is 3.20. The zero-order valence-electron chi connectivity index (χ0n) is 20.1. The third kappa shape index (κ3) is 6.83. The van der Waals surface area contributed by atoms with Gasteiger partial charge in [-0.2, -0.15) is 0 Å². The minimum absolute atomic E-state index is 0.0254. The van der Waals surface area contributed by atoms with Crippen molar-refractivity contribution in [1.82, 2.24) is 20.1 Å². The predicted molar refractivity (Wildman–Crippen MR) is 133 cm³/mol. The fraction of sp³-hybridized carbons (Fsp3) is 0.292. The second kappa shape index (κ2) is 12.7. The van der Waals surface area contributed by atoms with Crippen molar-refractivity contribution >= 4 is 35.2 Å². The number of methoxy groups -OCH3 is 1. The van der Waals surface area contributed by atoms with Gasteiger partial charge in [0.25, 0.3) is 5.91 Å². The van der Waals surface area contributed by atoms with Crippen LogP contribution in [0.4, 0.5) is 5.69 Å². The van der Waals surface area contributed by atoms with Crippen molar-refractivity contribution in [2.75, 3.05) is 31.4 Å². The molecule has 0 spiro atoms.